The zero-order valence-electron chi connectivity index (χ0n) is 17.4. The average Bonchev–Trinajstić information content (AvgIpc) is 2.88. The number of hydrogen-bond acceptors (Lipinski definition) is 6. The van der Waals surface area contributed by atoms with E-state index in [1.807, 2.05) is 13.8 Å². The predicted octanol–water partition coefficient (Wildman–Crippen LogP) is 0.736. The molecule has 3 N–H and O–H groups in total. The molecule has 30 heavy (non-hydrogen) atoms. The van der Waals surface area contributed by atoms with Crippen molar-refractivity contribution in [2.75, 3.05) is 20.1 Å². The standard InChI is InChI=1S/C19H30N4O6S/c1-13(2)11-15(22(3)19(26)27)18(25)21-14-7-6-10-23(12-16(14)24)30(28,29)17-8-4-5-9-20-17/h4-5,8-9,13-16,24H,6-7,10-12H2,1-3H3,(H,21,25)(H,26,27)/t14?,15-,16?/m0/s1. The van der Waals surface area contributed by atoms with Crippen LogP contribution in [0.4, 0.5) is 4.79 Å². The van der Waals surface area contributed by atoms with Gasteiger partial charge in [0.2, 0.25) is 5.91 Å². The third-order valence-electron chi connectivity index (χ3n) is 5.11. The van der Waals surface area contributed by atoms with Gasteiger partial charge in [0.25, 0.3) is 10.0 Å². The van der Waals surface area contributed by atoms with Gasteiger partial charge in [-0.3, -0.25) is 9.69 Å². The highest BCUT2D eigenvalue weighted by molar-refractivity contribution is 7.89. The van der Waals surface area contributed by atoms with Crippen LogP contribution in [0, 0.1) is 5.92 Å². The molecule has 11 heteroatoms. The molecule has 0 radical (unpaired) electrons. The SMILES string of the molecule is CC(C)C[C@@H](C(=O)NC1CCCN(S(=O)(=O)c2ccccn2)CC1O)N(C)C(=O)O. The molecule has 2 unspecified atom stereocenters. The summed E-state index contributed by atoms with van der Waals surface area (Å²) in [5.41, 5.74) is 0. The van der Waals surface area contributed by atoms with E-state index in [9.17, 15) is 28.2 Å². The maximum atomic E-state index is 12.8. The van der Waals surface area contributed by atoms with Gasteiger partial charge < -0.3 is 15.5 Å². The lowest BCUT2D eigenvalue weighted by molar-refractivity contribution is -0.127. The third-order valence-corrected chi connectivity index (χ3v) is 6.90. The number of likely N-dealkylation sites (N-methyl/N-ethyl adjacent to an activating group) is 1. The molecule has 0 saturated carbocycles. The van der Waals surface area contributed by atoms with Crippen LogP contribution in [0.5, 0.6) is 0 Å². The van der Waals surface area contributed by atoms with Crippen molar-refractivity contribution in [1.29, 1.82) is 0 Å². The maximum Gasteiger partial charge on any atom is 0.407 e. The van der Waals surface area contributed by atoms with Crippen LogP contribution in [-0.4, -0.2) is 83.1 Å². The van der Waals surface area contributed by atoms with Gasteiger partial charge in [-0.15, -0.1) is 0 Å². The Morgan fingerprint density at radius 3 is 2.63 bits per heavy atom. The van der Waals surface area contributed by atoms with E-state index in [0.29, 0.717) is 19.3 Å². The Morgan fingerprint density at radius 2 is 2.07 bits per heavy atom. The maximum absolute atomic E-state index is 12.8. The van der Waals surface area contributed by atoms with Crippen molar-refractivity contribution in [3.05, 3.63) is 24.4 Å². The Hall–Kier alpha value is -2.24. The number of rotatable bonds is 7. The molecule has 1 saturated heterocycles. The number of carboxylic acid groups (broad SMARTS) is 1. The molecule has 2 heterocycles. The monoisotopic (exact) mass is 442 g/mol. The molecule has 0 spiro atoms. The van der Waals surface area contributed by atoms with Gasteiger partial charge in [0.1, 0.15) is 6.04 Å². The van der Waals surface area contributed by atoms with Crippen molar-refractivity contribution >= 4 is 22.0 Å². The number of nitrogens with one attached hydrogen (secondary N) is 1. The number of β-amino-alcohol motifs (C(OH)–C–C–N with tert-alkyl or cyclic N) is 1. The first-order valence-corrected chi connectivity index (χ1v) is 11.3. The molecular weight excluding hydrogens is 412 g/mol. The van der Waals surface area contributed by atoms with Crippen LogP contribution in [0.1, 0.15) is 33.1 Å². The van der Waals surface area contributed by atoms with Crippen LogP contribution in [0.2, 0.25) is 0 Å². The second-order valence-corrected chi connectivity index (χ2v) is 9.78. The first kappa shape index (κ1) is 24.0. The normalized spacial score (nSPS) is 21.6. The zero-order valence-corrected chi connectivity index (χ0v) is 18.2. The molecule has 1 aliphatic heterocycles. The summed E-state index contributed by atoms with van der Waals surface area (Å²) in [6.07, 6.45) is 0.161. The molecule has 2 amide bonds. The second-order valence-electron chi connectivity index (χ2n) is 7.89. The molecule has 0 aromatic carbocycles. The molecule has 1 aromatic heterocycles. The summed E-state index contributed by atoms with van der Waals surface area (Å²) in [5, 5.41) is 22.5. The molecule has 2 rings (SSSR count). The van der Waals surface area contributed by atoms with E-state index in [-0.39, 0.29) is 24.0 Å². The lowest BCUT2D eigenvalue weighted by Crippen LogP contribution is -2.54. The molecule has 1 aliphatic rings. The fourth-order valence-corrected chi connectivity index (χ4v) is 4.85. The number of amides is 2. The highest BCUT2D eigenvalue weighted by atomic mass is 32.2. The highest BCUT2D eigenvalue weighted by Crippen LogP contribution is 2.20. The number of carbonyl (C=O) groups is 2. The Morgan fingerprint density at radius 1 is 1.37 bits per heavy atom. The molecule has 10 nitrogen and oxygen atoms in total. The molecule has 3 atom stereocenters. The number of sulfonamides is 1. The Kier molecular flexibility index (Phi) is 8.16. The Balaban J connectivity index is 2.11. The molecular formula is C19H30N4O6S. The number of hydrogen-bond donors (Lipinski definition) is 3. The molecule has 168 valence electrons. The Labute approximate surface area is 176 Å². The van der Waals surface area contributed by atoms with Gasteiger partial charge in [0.15, 0.2) is 5.03 Å². The van der Waals surface area contributed by atoms with Crippen molar-refractivity contribution in [3.8, 4) is 0 Å². The number of aliphatic hydroxyl groups is 1. The molecule has 1 fully saturated rings. The lowest BCUT2D eigenvalue weighted by Gasteiger charge is -2.30. The summed E-state index contributed by atoms with van der Waals surface area (Å²) >= 11 is 0. The summed E-state index contributed by atoms with van der Waals surface area (Å²) in [6.45, 7) is 3.77. The lowest BCUT2D eigenvalue weighted by atomic mass is 10.0. The predicted molar refractivity (Wildman–Crippen MR) is 109 cm³/mol. The van der Waals surface area contributed by atoms with E-state index in [1.54, 1.807) is 12.1 Å². The van der Waals surface area contributed by atoms with Gasteiger partial charge in [-0.25, -0.2) is 18.2 Å². The fraction of sp³-hybridized carbons (Fsp3) is 0.632. The van der Waals surface area contributed by atoms with Crippen molar-refractivity contribution in [3.63, 3.8) is 0 Å². The Bertz CT molecular complexity index is 833. The number of pyridine rings is 1. The van der Waals surface area contributed by atoms with Crippen LogP contribution < -0.4 is 5.32 Å². The molecule has 0 aliphatic carbocycles. The van der Waals surface area contributed by atoms with Crippen molar-refractivity contribution in [2.45, 2.75) is 56.3 Å². The van der Waals surface area contributed by atoms with E-state index < -0.39 is 40.2 Å². The number of carbonyl (C=O) groups excluding carboxylic acids is 1. The first-order chi connectivity index (χ1) is 14.0. The van der Waals surface area contributed by atoms with Crippen LogP contribution in [0.15, 0.2) is 29.4 Å². The first-order valence-electron chi connectivity index (χ1n) is 9.89. The quantitative estimate of drug-likeness (QED) is 0.566. The summed E-state index contributed by atoms with van der Waals surface area (Å²) in [6, 6.07) is 3.00. The largest absolute Gasteiger partial charge is 0.465 e. The topological polar surface area (TPSA) is 140 Å². The van der Waals surface area contributed by atoms with Gasteiger partial charge >= 0.3 is 6.09 Å². The van der Waals surface area contributed by atoms with Crippen molar-refractivity contribution in [1.82, 2.24) is 19.5 Å². The number of nitrogens with zero attached hydrogens (tertiary/aromatic N) is 3. The smallest absolute Gasteiger partial charge is 0.407 e. The van der Waals surface area contributed by atoms with Gasteiger partial charge in [-0.1, -0.05) is 19.9 Å². The minimum absolute atomic E-state index is 0.0839. The third kappa shape index (κ3) is 5.89. The average molecular weight is 443 g/mol. The summed E-state index contributed by atoms with van der Waals surface area (Å²) in [7, 11) is -2.53. The number of aromatic nitrogens is 1. The van der Waals surface area contributed by atoms with Gasteiger partial charge in [-0.2, -0.15) is 4.31 Å². The number of aliphatic hydroxyl groups excluding tert-OH is 1. The second kappa shape index (κ2) is 10.2. The van der Waals surface area contributed by atoms with Crippen LogP contribution in [-0.2, 0) is 14.8 Å². The van der Waals surface area contributed by atoms with Gasteiger partial charge in [-0.05, 0) is 37.3 Å². The van der Waals surface area contributed by atoms with E-state index in [0.717, 1.165) is 4.90 Å². The molecule has 0 bridgehead atoms. The van der Waals surface area contributed by atoms with E-state index >= 15 is 0 Å². The van der Waals surface area contributed by atoms with Crippen molar-refractivity contribution < 1.29 is 28.2 Å². The molecule has 1 aromatic rings. The van der Waals surface area contributed by atoms with Crippen LogP contribution in [0.25, 0.3) is 0 Å². The van der Waals surface area contributed by atoms with Crippen LogP contribution in [0.3, 0.4) is 0 Å². The summed E-state index contributed by atoms with van der Waals surface area (Å²) in [5.74, 6) is -0.417. The van der Waals surface area contributed by atoms with E-state index in [2.05, 4.69) is 10.3 Å². The highest BCUT2D eigenvalue weighted by Gasteiger charge is 2.36. The van der Waals surface area contributed by atoms with Gasteiger partial charge in [0.05, 0.1) is 12.1 Å². The van der Waals surface area contributed by atoms with Gasteiger partial charge in [0, 0.05) is 26.3 Å². The zero-order chi connectivity index (χ0) is 22.5. The fourth-order valence-electron chi connectivity index (χ4n) is 3.43. The minimum atomic E-state index is -3.86. The van der Waals surface area contributed by atoms with Crippen molar-refractivity contribution in [2.24, 2.45) is 5.92 Å². The summed E-state index contributed by atoms with van der Waals surface area (Å²) in [4.78, 5) is 29.0. The van der Waals surface area contributed by atoms with E-state index in [1.165, 1.54) is 23.6 Å². The summed E-state index contributed by atoms with van der Waals surface area (Å²) < 4.78 is 26.8. The van der Waals surface area contributed by atoms with E-state index in [4.69, 9.17) is 0 Å². The van der Waals surface area contributed by atoms with Crippen LogP contribution >= 0.6 is 0 Å². The minimum Gasteiger partial charge on any atom is -0.465 e.